The molecule has 1 aliphatic heterocycles. The highest BCUT2D eigenvalue weighted by atomic mass is 16.5. The number of methoxy groups -OCH3 is 1. The van der Waals surface area contributed by atoms with Gasteiger partial charge < -0.3 is 20.3 Å². The molecule has 0 aromatic heterocycles. The molecular formula is C14H23N3O. The number of hydrogen-bond donors (Lipinski definition) is 1. The second kappa shape index (κ2) is 5.48. The van der Waals surface area contributed by atoms with Crippen LogP contribution in [0.2, 0.25) is 0 Å². The molecule has 0 amide bonds. The van der Waals surface area contributed by atoms with Gasteiger partial charge in [-0.2, -0.15) is 0 Å². The number of nitrogens with zero attached hydrogens (tertiary/aromatic N) is 2. The Balaban J connectivity index is 2.15. The molecule has 1 aromatic carbocycles. The van der Waals surface area contributed by atoms with E-state index in [0.717, 1.165) is 30.2 Å². The molecule has 0 aliphatic carbocycles. The first-order valence-corrected chi connectivity index (χ1v) is 6.47. The molecule has 2 N–H and O–H groups in total. The Labute approximate surface area is 109 Å². The third-order valence-electron chi connectivity index (χ3n) is 3.88. The minimum atomic E-state index is 0.565. The van der Waals surface area contributed by atoms with Crippen LogP contribution in [0.1, 0.15) is 12.8 Å². The van der Waals surface area contributed by atoms with Crippen molar-refractivity contribution >= 4 is 11.4 Å². The summed E-state index contributed by atoms with van der Waals surface area (Å²) in [6.07, 6.45) is 2.37. The zero-order valence-electron chi connectivity index (χ0n) is 11.5. The Morgan fingerprint density at radius 2 is 2.00 bits per heavy atom. The Bertz CT molecular complexity index is 400. The van der Waals surface area contributed by atoms with Gasteiger partial charge >= 0.3 is 0 Å². The zero-order valence-corrected chi connectivity index (χ0v) is 11.5. The van der Waals surface area contributed by atoms with E-state index >= 15 is 0 Å². The fourth-order valence-corrected chi connectivity index (χ4v) is 2.60. The molecule has 4 heteroatoms. The van der Waals surface area contributed by atoms with Crippen molar-refractivity contribution in [3.63, 3.8) is 0 Å². The highest BCUT2D eigenvalue weighted by Crippen LogP contribution is 2.33. The van der Waals surface area contributed by atoms with E-state index in [4.69, 9.17) is 10.5 Å². The summed E-state index contributed by atoms with van der Waals surface area (Å²) in [6, 6.07) is 6.53. The monoisotopic (exact) mass is 249 g/mol. The minimum Gasteiger partial charge on any atom is -0.495 e. The molecule has 0 spiro atoms. The van der Waals surface area contributed by atoms with Crippen LogP contribution in [0, 0.1) is 0 Å². The van der Waals surface area contributed by atoms with Gasteiger partial charge in [0.15, 0.2) is 0 Å². The third kappa shape index (κ3) is 2.53. The van der Waals surface area contributed by atoms with Crippen LogP contribution in [0.4, 0.5) is 11.4 Å². The van der Waals surface area contributed by atoms with Crippen molar-refractivity contribution in [2.45, 2.75) is 18.9 Å². The smallest absolute Gasteiger partial charge is 0.143 e. The molecule has 0 atom stereocenters. The highest BCUT2D eigenvalue weighted by molar-refractivity contribution is 5.74. The van der Waals surface area contributed by atoms with Crippen LogP contribution in [0.3, 0.4) is 0 Å². The van der Waals surface area contributed by atoms with Gasteiger partial charge in [0.05, 0.1) is 18.5 Å². The van der Waals surface area contributed by atoms with E-state index in [1.807, 2.05) is 12.1 Å². The fraction of sp³-hybridized carbons (Fsp3) is 0.571. The topological polar surface area (TPSA) is 41.7 Å². The average molecular weight is 249 g/mol. The van der Waals surface area contributed by atoms with Gasteiger partial charge in [0.25, 0.3) is 0 Å². The number of rotatable bonds is 3. The molecular weight excluding hydrogens is 226 g/mol. The molecule has 1 fully saturated rings. The normalized spacial score (nSPS) is 17.7. The van der Waals surface area contributed by atoms with E-state index in [-0.39, 0.29) is 0 Å². The summed E-state index contributed by atoms with van der Waals surface area (Å²) >= 11 is 0. The van der Waals surface area contributed by atoms with Crippen molar-refractivity contribution in [2.24, 2.45) is 0 Å². The fourth-order valence-electron chi connectivity index (χ4n) is 2.60. The van der Waals surface area contributed by atoms with Gasteiger partial charge in [-0.25, -0.2) is 0 Å². The third-order valence-corrected chi connectivity index (χ3v) is 3.88. The molecule has 1 aliphatic rings. The van der Waals surface area contributed by atoms with E-state index in [1.54, 1.807) is 7.11 Å². The predicted molar refractivity (Wildman–Crippen MR) is 76.3 cm³/mol. The largest absolute Gasteiger partial charge is 0.495 e. The van der Waals surface area contributed by atoms with Gasteiger partial charge in [-0.15, -0.1) is 0 Å². The number of piperidine rings is 1. The van der Waals surface area contributed by atoms with Crippen molar-refractivity contribution in [1.29, 1.82) is 0 Å². The summed E-state index contributed by atoms with van der Waals surface area (Å²) in [4.78, 5) is 4.67. The van der Waals surface area contributed by atoms with E-state index in [0.29, 0.717) is 6.04 Å². The first-order chi connectivity index (χ1) is 8.63. The molecule has 0 bridgehead atoms. The molecule has 100 valence electrons. The number of nitrogens with two attached hydrogens (primary N) is 1. The summed E-state index contributed by atoms with van der Waals surface area (Å²) in [5, 5.41) is 0. The lowest BCUT2D eigenvalue weighted by Crippen LogP contribution is -2.42. The zero-order chi connectivity index (χ0) is 13.1. The van der Waals surface area contributed by atoms with Crippen molar-refractivity contribution < 1.29 is 4.74 Å². The summed E-state index contributed by atoms with van der Waals surface area (Å²) in [5.74, 6) is 0.757. The van der Waals surface area contributed by atoms with E-state index in [2.05, 4.69) is 30.0 Å². The van der Waals surface area contributed by atoms with Crippen LogP contribution < -0.4 is 15.4 Å². The molecule has 1 heterocycles. The Morgan fingerprint density at radius 3 is 2.61 bits per heavy atom. The summed E-state index contributed by atoms with van der Waals surface area (Å²) < 4.78 is 5.28. The summed E-state index contributed by atoms with van der Waals surface area (Å²) in [5.41, 5.74) is 7.96. The lowest BCUT2D eigenvalue weighted by molar-refractivity contribution is 0.253. The van der Waals surface area contributed by atoms with E-state index in [1.165, 1.54) is 12.8 Å². The first kappa shape index (κ1) is 13.0. The lowest BCUT2D eigenvalue weighted by atomic mass is 10.0. The van der Waals surface area contributed by atoms with Gasteiger partial charge in [0.1, 0.15) is 5.75 Å². The SMILES string of the molecule is COc1cccc(N(C)C2CCN(C)CC2)c1N. The minimum absolute atomic E-state index is 0.565. The van der Waals surface area contributed by atoms with Gasteiger partial charge in [0.2, 0.25) is 0 Å². The van der Waals surface area contributed by atoms with Crippen molar-refractivity contribution in [3.05, 3.63) is 18.2 Å². The molecule has 1 saturated heterocycles. The molecule has 0 saturated carbocycles. The number of benzene rings is 1. The standard InChI is InChI=1S/C14H23N3O/c1-16-9-7-11(8-10-16)17(2)12-5-4-6-13(18-3)14(12)15/h4-6,11H,7-10,15H2,1-3H3. The number of likely N-dealkylation sites (tertiary alicyclic amines) is 1. The van der Waals surface area contributed by atoms with Crippen LogP contribution in [0.5, 0.6) is 5.75 Å². The second-order valence-corrected chi connectivity index (χ2v) is 5.04. The molecule has 2 rings (SSSR count). The lowest BCUT2D eigenvalue weighted by Gasteiger charge is -2.37. The van der Waals surface area contributed by atoms with Crippen LogP contribution in [0.15, 0.2) is 18.2 Å². The van der Waals surface area contributed by atoms with Gasteiger partial charge in [-0.3, -0.25) is 0 Å². The van der Waals surface area contributed by atoms with Crippen LogP contribution in [-0.2, 0) is 0 Å². The molecule has 1 aromatic rings. The first-order valence-electron chi connectivity index (χ1n) is 6.47. The number of ether oxygens (including phenoxy) is 1. The Hall–Kier alpha value is -1.42. The van der Waals surface area contributed by atoms with Crippen molar-refractivity contribution in [1.82, 2.24) is 4.90 Å². The summed E-state index contributed by atoms with van der Waals surface area (Å²) in [7, 11) is 5.96. The number of para-hydroxylation sites is 1. The van der Waals surface area contributed by atoms with Crippen LogP contribution in [-0.4, -0.2) is 45.2 Å². The average Bonchev–Trinajstić information content (AvgIpc) is 2.39. The number of nitrogen functional groups attached to an aromatic ring is 1. The Morgan fingerprint density at radius 1 is 1.33 bits per heavy atom. The number of anilines is 2. The number of hydrogen-bond acceptors (Lipinski definition) is 4. The van der Waals surface area contributed by atoms with Crippen molar-refractivity contribution in [2.75, 3.05) is 44.9 Å². The van der Waals surface area contributed by atoms with E-state index in [9.17, 15) is 0 Å². The summed E-state index contributed by atoms with van der Waals surface area (Å²) in [6.45, 7) is 2.30. The molecule has 0 unspecified atom stereocenters. The van der Waals surface area contributed by atoms with Crippen molar-refractivity contribution in [3.8, 4) is 5.75 Å². The van der Waals surface area contributed by atoms with Gasteiger partial charge in [-0.1, -0.05) is 6.07 Å². The maximum absolute atomic E-state index is 6.15. The van der Waals surface area contributed by atoms with Crippen LogP contribution >= 0.6 is 0 Å². The highest BCUT2D eigenvalue weighted by Gasteiger charge is 2.22. The second-order valence-electron chi connectivity index (χ2n) is 5.04. The van der Waals surface area contributed by atoms with E-state index < -0.39 is 0 Å². The molecule has 4 nitrogen and oxygen atoms in total. The molecule has 18 heavy (non-hydrogen) atoms. The van der Waals surface area contributed by atoms with Gasteiger partial charge in [-0.05, 0) is 45.1 Å². The maximum atomic E-state index is 6.15. The van der Waals surface area contributed by atoms with Gasteiger partial charge in [0, 0.05) is 13.1 Å². The van der Waals surface area contributed by atoms with Crippen LogP contribution in [0.25, 0.3) is 0 Å². The predicted octanol–water partition coefficient (Wildman–Crippen LogP) is 1.81. The quantitative estimate of drug-likeness (QED) is 0.830. The Kier molecular flexibility index (Phi) is 3.97. The molecule has 0 radical (unpaired) electrons. The maximum Gasteiger partial charge on any atom is 0.143 e.